The van der Waals surface area contributed by atoms with E-state index in [1.165, 1.54) is 6.07 Å². The van der Waals surface area contributed by atoms with Gasteiger partial charge < -0.3 is 10.5 Å². The third kappa shape index (κ3) is 3.20. The standard InChI is InChI=1S/C11H13BrFNO2/c1-11(2,3)16-10(15)7-4-6(13)5-8(12)9(7)14/h4-5H,14H2,1-3H3. The molecule has 1 aromatic rings. The number of anilines is 1. The number of nitrogen functional groups attached to an aromatic ring is 1. The maximum Gasteiger partial charge on any atom is 0.340 e. The van der Waals surface area contributed by atoms with Crippen LogP contribution in [-0.2, 0) is 4.74 Å². The van der Waals surface area contributed by atoms with E-state index >= 15 is 0 Å². The lowest BCUT2D eigenvalue weighted by molar-refractivity contribution is 0.00702. The van der Waals surface area contributed by atoms with Crippen molar-refractivity contribution in [3.8, 4) is 0 Å². The van der Waals surface area contributed by atoms with Crippen LogP contribution in [0.3, 0.4) is 0 Å². The monoisotopic (exact) mass is 289 g/mol. The average Bonchev–Trinajstić information content (AvgIpc) is 2.08. The number of rotatable bonds is 1. The molecule has 0 aromatic heterocycles. The number of carbonyl (C=O) groups excluding carboxylic acids is 1. The van der Waals surface area contributed by atoms with E-state index in [9.17, 15) is 9.18 Å². The molecule has 0 unspecified atom stereocenters. The zero-order chi connectivity index (χ0) is 12.5. The van der Waals surface area contributed by atoms with Crippen molar-refractivity contribution in [2.45, 2.75) is 26.4 Å². The van der Waals surface area contributed by atoms with E-state index in [0.29, 0.717) is 4.47 Å². The zero-order valence-corrected chi connectivity index (χ0v) is 10.9. The Morgan fingerprint density at radius 2 is 2.00 bits per heavy atom. The van der Waals surface area contributed by atoms with E-state index in [-0.39, 0.29) is 11.3 Å². The summed E-state index contributed by atoms with van der Waals surface area (Å²) in [6.07, 6.45) is 0. The van der Waals surface area contributed by atoms with Crippen LogP contribution in [-0.4, -0.2) is 11.6 Å². The zero-order valence-electron chi connectivity index (χ0n) is 9.30. The van der Waals surface area contributed by atoms with Gasteiger partial charge >= 0.3 is 5.97 Å². The Bertz CT molecular complexity index is 427. The van der Waals surface area contributed by atoms with E-state index in [1.807, 2.05) is 0 Å². The molecule has 2 N–H and O–H groups in total. The van der Waals surface area contributed by atoms with Gasteiger partial charge in [0.2, 0.25) is 0 Å². The van der Waals surface area contributed by atoms with Gasteiger partial charge in [0.1, 0.15) is 11.4 Å². The Kier molecular flexibility index (Phi) is 3.57. The van der Waals surface area contributed by atoms with Crippen LogP contribution in [0.5, 0.6) is 0 Å². The second-order valence-corrected chi connectivity index (χ2v) is 5.21. The van der Waals surface area contributed by atoms with Crippen molar-refractivity contribution < 1.29 is 13.9 Å². The van der Waals surface area contributed by atoms with Crippen molar-refractivity contribution in [1.29, 1.82) is 0 Å². The van der Waals surface area contributed by atoms with Crippen LogP contribution >= 0.6 is 15.9 Å². The SMILES string of the molecule is CC(C)(C)OC(=O)c1cc(F)cc(Br)c1N. The molecule has 1 aromatic carbocycles. The summed E-state index contributed by atoms with van der Waals surface area (Å²) in [5.41, 5.74) is 5.23. The first-order valence-corrected chi connectivity index (χ1v) is 5.48. The lowest BCUT2D eigenvalue weighted by Crippen LogP contribution is -2.24. The van der Waals surface area contributed by atoms with Gasteiger partial charge in [0.05, 0.1) is 11.3 Å². The summed E-state index contributed by atoms with van der Waals surface area (Å²) in [7, 11) is 0. The molecule has 0 spiro atoms. The topological polar surface area (TPSA) is 52.3 Å². The summed E-state index contributed by atoms with van der Waals surface area (Å²) in [5.74, 6) is -1.17. The lowest BCUT2D eigenvalue weighted by Gasteiger charge is -2.20. The Balaban J connectivity index is 3.09. The minimum absolute atomic E-state index is 0.0294. The molecule has 0 radical (unpaired) electrons. The Morgan fingerprint density at radius 3 is 2.50 bits per heavy atom. The van der Waals surface area contributed by atoms with E-state index < -0.39 is 17.4 Å². The summed E-state index contributed by atoms with van der Waals surface area (Å²) < 4.78 is 18.6. The molecule has 0 atom stereocenters. The van der Waals surface area contributed by atoms with Crippen LogP contribution in [0.15, 0.2) is 16.6 Å². The number of carbonyl (C=O) groups is 1. The molecule has 0 amide bonds. The maximum atomic E-state index is 13.1. The minimum Gasteiger partial charge on any atom is -0.456 e. The lowest BCUT2D eigenvalue weighted by atomic mass is 10.1. The molecule has 0 bridgehead atoms. The molecule has 0 saturated carbocycles. The van der Waals surface area contributed by atoms with Gasteiger partial charge in [0.15, 0.2) is 0 Å². The first-order chi connectivity index (χ1) is 7.20. The molecule has 16 heavy (non-hydrogen) atoms. The van der Waals surface area contributed by atoms with Crippen molar-refractivity contribution in [2.24, 2.45) is 0 Å². The highest BCUT2D eigenvalue weighted by Gasteiger charge is 2.21. The number of halogens is 2. The van der Waals surface area contributed by atoms with Gasteiger partial charge in [-0.25, -0.2) is 9.18 Å². The van der Waals surface area contributed by atoms with Crippen molar-refractivity contribution >= 4 is 27.6 Å². The fraction of sp³-hybridized carbons (Fsp3) is 0.364. The Labute approximate surface area is 102 Å². The number of ether oxygens (including phenoxy) is 1. The van der Waals surface area contributed by atoms with Crippen molar-refractivity contribution in [3.05, 3.63) is 28.0 Å². The molecule has 0 aliphatic rings. The normalized spacial score (nSPS) is 11.3. The predicted octanol–water partition coefficient (Wildman–Crippen LogP) is 3.13. The van der Waals surface area contributed by atoms with E-state index in [1.54, 1.807) is 20.8 Å². The Hall–Kier alpha value is -1.10. The van der Waals surface area contributed by atoms with Crippen LogP contribution in [0.2, 0.25) is 0 Å². The van der Waals surface area contributed by atoms with Gasteiger partial charge in [0.25, 0.3) is 0 Å². The summed E-state index contributed by atoms with van der Waals surface area (Å²) in [5, 5.41) is 0. The summed E-state index contributed by atoms with van der Waals surface area (Å²) in [4.78, 5) is 11.7. The minimum atomic E-state index is -0.637. The number of hydrogen-bond acceptors (Lipinski definition) is 3. The second kappa shape index (κ2) is 4.41. The first-order valence-electron chi connectivity index (χ1n) is 4.68. The Morgan fingerprint density at radius 1 is 1.44 bits per heavy atom. The molecule has 0 aliphatic carbocycles. The predicted molar refractivity (Wildman–Crippen MR) is 63.7 cm³/mol. The third-order valence-corrected chi connectivity index (χ3v) is 2.37. The van der Waals surface area contributed by atoms with E-state index in [2.05, 4.69) is 15.9 Å². The molecular formula is C11H13BrFNO2. The quantitative estimate of drug-likeness (QED) is 0.638. The number of hydrogen-bond donors (Lipinski definition) is 1. The molecule has 3 nitrogen and oxygen atoms in total. The molecule has 0 aliphatic heterocycles. The molecule has 1 rings (SSSR count). The van der Waals surface area contributed by atoms with Crippen LogP contribution in [0.1, 0.15) is 31.1 Å². The summed E-state index contributed by atoms with van der Waals surface area (Å²) in [6, 6.07) is 2.26. The van der Waals surface area contributed by atoms with Gasteiger partial charge in [-0.05, 0) is 48.8 Å². The molecule has 5 heteroatoms. The van der Waals surface area contributed by atoms with Crippen molar-refractivity contribution in [3.63, 3.8) is 0 Å². The van der Waals surface area contributed by atoms with Crippen molar-refractivity contribution in [2.75, 3.05) is 5.73 Å². The summed E-state index contributed by atoms with van der Waals surface area (Å²) in [6.45, 7) is 5.19. The fourth-order valence-electron chi connectivity index (χ4n) is 1.09. The van der Waals surface area contributed by atoms with Gasteiger partial charge in [-0.15, -0.1) is 0 Å². The molecule has 88 valence electrons. The average molecular weight is 290 g/mol. The van der Waals surface area contributed by atoms with Crippen molar-refractivity contribution in [1.82, 2.24) is 0 Å². The summed E-state index contributed by atoms with van der Waals surface area (Å²) >= 11 is 3.07. The maximum absolute atomic E-state index is 13.1. The van der Waals surface area contributed by atoms with Crippen LogP contribution in [0.4, 0.5) is 10.1 Å². The molecule has 0 fully saturated rings. The number of benzene rings is 1. The van der Waals surface area contributed by atoms with Gasteiger partial charge in [-0.1, -0.05) is 0 Å². The largest absolute Gasteiger partial charge is 0.456 e. The molecule has 0 heterocycles. The smallest absolute Gasteiger partial charge is 0.340 e. The second-order valence-electron chi connectivity index (χ2n) is 4.35. The van der Waals surface area contributed by atoms with E-state index in [0.717, 1.165) is 6.07 Å². The highest BCUT2D eigenvalue weighted by Crippen LogP contribution is 2.26. The van der Waals surface area contributed by atoms with Crippen LogP contribution in [0, 0.1) is 5.82 Å². The van der Waals surface area contributed by atoms with Gasteiger partial charge in [-0.3, -0.25) is 0 Å². The molecular weight excluding hydrogens is 277 g/mol. The van der Waals surface area contributed by atoms with Gasteiger partial charge in [-0.2, -0.15) is 0 Å². The highest BCUT2D eigenvalue weighted by atomic mass is 79.9. The van der Waals surface area contributed by atoms with Gasteiger partial charge in [0, 0.05) is 4.47 Å². The number of esters is 1. The first kappa shape index (κ1) is 13.0. The fourth-order valence-corrected chi connectivity index (χ4v) is 1.52. The van der Waals surface area contributed by atoms with Crippen LogP contribution in [0.25, 0.3) is 0 Å². The van der Waals surface area contributed by atoms with E-state index in [4.69, 9.17) is 10.5 Å². The highest BCUT2D eigenvalue weighted by molar-refractivity contribution is 9.10. The number of nitrogens with two attached hydrogens (primary N) is 1. The van der Waals surface area contributed by atoms with Crippen LogP contribution < -0.4 is 5.73 Å². The molecule has 0 saturated heterocycles. The third-order valence-electron chi connectivity index (χ3n) is 1.71.